The predicted octanol–water partition coefficient (Wildman–Crippen LogP) is 2.90. The smallest absolute Gasteiger partial charge is 0.316 e. The summed E-state index contributed by atoms with van der Waals surface area (Å²) in [4.78, 5) is 13.2. The van der Waals surface area contributed by atoms with Gasteiger partial charge in [0.2, 0.25) is 0 Å². The number of hydrogen-bond donors (Lipinski definition) is 2. The number of para-hydroxylation sites is 1. The molecule has 3 rings (SSSR count). The van der Waals surface area contributed by atoms with Crippen LogP contribution < -0.4 is 16.2 Å². The molecule has 2 unspecified atom stereocenters. The Balaban J connectivity index is 1.88. The van der Waals surface area contributed by atoms with Crippen molar-refractivity contribution < 1.29 is 4.92 Å². The predicted molar refractivity (Wildman–Crippen MR) is 83.2 cm³/mol. The molecule has 1 aliphatic carbocycles. The summed E-state index contributed by atoms with van der Waals surface area (Å²) in [7, 11) is 0. The van der Waals surface area contributed by atoms with E-state index in [1.54, 1.807) is 6.07 Å². The van der Waals surface area contributed by atoms with Gasteiger partial charge in [0.25, 0.3) is 0 Å². The molecule has 114 valence electrons. The maximum atomic E-state index is 11.4. The van der Waals surface area contributed by atoms with Gasteiger partial charge in [-0.25, -0.2) is 0 Å². The normalized spacial score (nSPS) is 25.3. The molecule has 6 nitrogen and oxygen atoms in total. The van der Waals surface area contributed by atoms with Crippen LogP contribution in [0, 0.1) is 22.0 Å². The minimum atomic E-state index is -0.336. The van der Waals surface area contributed by atoms with Crippen LogP contribution in [0.2, 0.25) is 0 Å². The molecule has 0 radical (unpaired) electrons. The van der Waals surface area contributed by atoms with E-state index in [9.17, 15) is 10.1 Å². The summed E-state index contributed by atoms with van der Waals surface area (Å²) >= 11 is 0. The number of hydrogen-bond acceptors (Lipinski definition) is 5. The van der Waals surface area contributed by atoms with Crippen LogP contribution in [0.15, 0.2) is 18.2 Å². The van der Waals surface area contributed by atoms with Crippen LogP contribution in [0.5, 0.6) is 0 Å². The van der Waals surface area contributed by atoms with Crippen molar-refractivity contribution in [1.82, 2.24) is 0 Å². The van der Waals surface area contributed by atoms with Crippen molar-refractivity contribution in [3.8, 4) is 0 Å². The molecular formula is C15H22N4O2. The average Bonchev–Trinajstić information content (AvgIpc) is 2.53. The summed E-state index contributed by atoms with van der Waals surface area (Å²) in [6.07, 6.45) is 6.35. The SMILES string of the molecule is NNc1cccc(N2CCC3CCCCC3C2)c1[N+](=O)[O-]. The van der Waals surface area contributed by atoms with Crippen LogP contribution in [-0.4, -0.2) is 18.0 Å². The molecule has 21 heavy (non-hydrogen) atoms. The van der Waals surface area contributed by atoms with E-state index in [4.69, 9.17) is 5.84 Å². The van der Waals surface area contributed by atoms with Gasteiger partial charge in [-0.2, -0.15) is 0 Å². The minimum absolute atomic E-state index is 0.0919. The first-order valence-electron chi connectivity index (χ1n) is 7.69. The molecule has 0 spiro atoms. The highest BCUT2D eigenvalue weighted by Gasteiger charge is 2.33. The van der Waals surface area contributed by atoms with Crippen LogP contribution in [0.25, 0.3) is 0 Å². The highest BCUT2D eigenvalue weighted by Crippen LogP contribution is 2.41. The molecule has 1 heterocycles. The number of rotatable bonds is 3. The maximum Gasteiger partial charge on any atom is 0.316 e. The Labute approximate surface area is 124 Å². The fraction of sp³-hybridized carbons (Fsp3) is 0.600. The molecule has 0 bridgehead atoms. The van der Waals surface area contributed by atoms with Gasteiger partial charge in [0.15, 0.2) is 0 Å². The van der Waals surface area contributed by atoms with E-state index in [1.165, 1.54) is 25.7 Å². The van der Waals surface area contributed by atoms with Crippen molar-refractivity contribution in [2.75, 3.05) is 23.4 Å². The number of fused-ring (bicyclic) bond motifs is 1. The van der Waals surface area contributed by atoms with E-state index < -0.39 is 0 Å². The molecular weight excluding hydrogens is 268 g/mol. The summed E-state index contributed by atoms with van der Waals surface area (Å²) in [6, 6.07) is 5.31. The highest BCUT2D eigenvalue weighted by atomic mass is 16.6. The summed E-state index contributed by atoms with van der Waals surface area (Å²) < 4.78 is 0. The first-order valence-corrected chi connectivity index (χ1v) is 7.69. The second-order valence-corrected chi connectivity index (χ2v) is 6.11. The quantitative estimate of drug-likeness (QED) is 0.508. The number of nitrogen functional groups attached to an aromatic ring is 1. The van der Waals surface area contributed by atoms with Crippen molar-refractivity contribution in [1.29, 1.82) is 0 Å². The summed E-state index contributed by atoms with van der Waals surface area (Å²) in [5.74, 6) is 6.91. The lowest BCUT2D eigenvalue weighted by Crippen LogP contribution is -2.42. The van der Waals surface area contributed by atoms with Crippen molar-refractivity contribution in [2.45, 2.75) is 32.1 Å². The number of nitrogens with zero attached hydrogens (tertiary/aromatic N) is 2. The monoisotopic (exact) mass is 290 g/mol. The number of hydrazine groups is 1. The van der Waals surface area contributed by atoms with Crippen LogP contribution in [0.1, 0.15) is 32.1 Å². The lowest BCUT2D eigenvalue weighted by molar-refractivity contribution is -0.383. The van der Waals surface area contributed by atoms with Crippen LogP contribution in [0.4, 0.5) is 17.1 Å². The molecule has 3 N–H and O–H groups in total. The Morgan fingerprint density at radius 1 is 1.24 bits per heavy atom. The molecule has 1 saturated heterocycles. The van der Waals surface area contributed by atoms with Gasteiger partial charge in [-0.15, -0.1) is 0 Å². The van der Waals surface area contributed by atoms with Gasteiger partial charge in [-0.1, -0.05) is 25.3 Å². The largest absolute Gasteiger partial charge is 0.366 e. The standard InChI is InChI=1S/C15H22N4O2/c16-17-13-6-3-7-14(15(13)19(20)21)18-9-8-11-4-1-2-5-12(11)10-18/h3,6-7,11-12,17H,1-2,4-5,8-10,16H2. The number of nitrogens with two attached hydrogens (primary N) is 1. The number of benzene rings is 1. The topological polar surface area (TPSA) is 84.4 Å². The minimum Gasteiger partial charge on any atom is -0.366 e. The van der Waals surface area contributed by atoms with Crippen molar-refractivity contribution in [3.05, 3.63) is 28.3 Å². The summed E-state index contributed by atoms with van der Waals surface area (Å²) in [5.41, 5.74) is 3.61. The van der Waals surface area contributed by atoms with E-state index in [1.807, 2.05) is 12.1 Å². The van der Waals surface area contributed by atoms with Crippen LogP contribution in [0.3, 0.4) is 0 Å². The van der Waals surface area contributed by atoms with Gasteiger partial charge in [0.05, 0.1) is 4.92 Å². The molecule has 0 aromatic heterocycles. The Morgan fingerprint density at radius 2 is 2.00 bits per heavy atom. The van der Waals surface area contributed by atoms with E-state index in [0.29, 0.717) is 17.3 Å². The molecule has 1 saturated carbocycles. The highest BCUT2D eigenvalue weighted by molar-refractivity contribution is 5.76. The van der Waals surface area contributed by atoms with E-state index in [2.05, 4.69) is 10.3 Å². The lowest BCUT2D eigenvalue weighted by Gasteiger charge is -2.42. The second kappa shape index (κ2) is 5.89. The van der Waals surface area contributed by atoms with Crippen molar-refractivity contribution in [2.24, 2.45) is 17.7 Å². The Hall–Kier alpha value is -1.82. The Kier molecular flexibility index (Phi) is 3.96. The maximum absolute atomic E-state index is 11.4. The average molecular weight is 290 g/mol. The third-order valence-corrected chi connectivity index (χ3v) is 4.98. The molecule has 1 aliphatic heterocycles. The van der Waals surface area contributed by atoms with Gasteiger partial charge >= 0.3 is 5.69 Å². The molecule has 2 fully saturated rings. The van der Waals surface area contributed by atoms with Gasteiger partial charge in [-0.05, 0) is 36.8 Å². The molecule has 2 atom stereocenters. The zero-order chi connectivity index (χ0) is 14.8. The number of nitro benzene ring substituents is 1. The number of anilines is 2. The van der Waals surface area contributed by atoms with E-state index in [0.717, 1.165) is 25.4 Å². The molecule has 0 amide bonds. The van der Waals surface area contributed by atoms with Crippen LogP contribution >= 0.6 is 0 Å². The third-order valence-electron chi connectivity index (χ3n) is 4.98. The third kappa shape index (κ3) is 2.68. The molecule has 1 aromatic rings. The first-order chi connectivity index (χ1) is 10.2. The zero-order valence-corrected chi connectivity index (χ0v) is 12.1. The summed E-state index contributed by atoms with van der Waals surface area (Å²) in [6.45, 7) is 1.83. The fourth-order valence-corrected chi connectivity index (χ4v) is 3.91. The summed E-state index contributed by atoms with van der Waals surface area (Å²) in [5, 5.41) is 11.4. The lowest BCUT2D eigenvalue weighted by atomic mass is 9.75. The molecule has 6 heteroatoms. The van der Waals surface area contributed by atoms with Gasteiger partial charge in [0.1, 0.15) is 11.4 Å². The second-order valence-electron chi connectivity index (χ2n) is 6.11. The van der Waals surface area contributed by atoms with Crippen molar-refractivity contribution in [3.63, 3.8) is 0 Å². The van der Waals surface area contributed by atoms with Gasteiger partial charge < -0.3 is 10.3 Å². The molecule has 1 aromatic carbocycles. The molecule has 2 aliphatic rings. The van der Waals surface area contributed by atoms with E-state index >= 15 is 0 Å². The number of nitrogens with one attached hydrogen (secondary N) is 1. The van der Waals surface area contributed by atoms with Crippen LogP contribution in [-0.2, 0) is 0 Å². The zero-order valence-electron chi connectivity index (χ0n) is 12.1. The van der Waals surface area contributed by atoms with E-state index in [-0.39, 0.29) is 10.6 Å². The Bertz CT molecular complexity index is 534. The fourth-order valence-electron chi connectivity index (χ4n) is 3.91. The number of piperidine rings is 1. The van der Waals surface area contributed by atoms with Gasteiger partial charge in [0, 0.05) is 13.1 Å². The van der Waals surface area contributed by atoms with Crippen molar-refractivity contribution >= 4 is 17.1 Å². The van der Waals surface area contributed by atoms with Gasteiger partial charge in [-0.3, -0.25) is 16.0 Å². The number of nitro groups is 1. The Morgan fingerprint density at radius 3 is 2.71 bits per heavy atom. The first kappa shape index (κ1) is 14.1.